The second-order valence-electron chi connectivity index (χ2n) is 9.39. The van der Waals surface area contributed by atoms with Crippen LogP contribution in [0.1, 0.15) is 67.4 Å². The van der Waals surface area contributed by atoms with Crippen LogP contribution < -0.4 is 10.6 Å². The van der Waals surface area contributed by atoms with Crippen molar-refractivity contribution in [2.45, 2.75) is 50.8 Å². The first-order chi connectivity index (χ1) is 21.8. The van der Waals surface area contributed by atoms with Crippen LogP contribution in [-0.2, 0) is 27.0 Å². The number of esters is 2. The number of nitrogens with zero attached hydrogens (tertiary/aromatic N) is 3. The van der Waals surface area contributed by atoms with Gasteiger partial charge >= 0.3 is 18.1 Å². The number of benzene rings is 1. The first-order valence-electron chi connectivity index (χ1n) is 13.7. The first-order valence-corrected chi connectivity index (χ1v) is 16.3. The number of thioether (sulfide) groups is 1. The molecule has 2 N–H and O–H groups in total. The second-order valence-corrected chi connectivity index (χ2v) is 12.7. The quantitative estimate of drug-likeness (QED) is 0.132. The number of halogens is 3. The molecular formula is C29H28F3N5O6S3. The zero-order chi connectivity index (χ0) is 33.6. The number of anilines is 1. The summed E-state index contributed by atoms with van der Waals surface area (Å²) in [6.07, 6.45) is -4.63. The Morgan fingerprint density at radius 1 is 1.04 bits per heavy atom. The van der Waals surface area contributed by atoms with Gasteiger partial charge in [0.2, 0.25) is 5.91 Å². The summed E-state index contributed by atoms with van der Waals surface area (Å²) >= 11 is 2.97. The van der Waals surface area contributed by atoms with Crippen molar-refractivity contribution in [2.24, 2.45) is 0 Å². The van der Waals surface area contributed by atoms with Crippen LogP contribution in [0.3, 0.4) is 0 Å². The van der Waals surface area contributed by atoms with E-state index < -0.39 is 40.7 Å². The van der Waals surface area contributed by atoms with E-state index in [1.54, 1.807) is 38.3 Å². The molecule has 4 aromatic rings. The van der Waals surface area contributed by atoms with Gasteiger partial charge in [-0.15, -0.1) is 32.9 Å². The molecule has 0 fully saturated rings. The average molecular weight is 696 g/mol. The topological polar surface area (TPSA) is 142 Å². The highest BCUT2D eigenvalue weighted by Gasteiger charge is 2.32. The molecule has 0 radical (unpaired) electrons. The number of carbonyl (C=O) groups excluding carboxylic acids is 4. The number of hydrogen-bond acceptors (Lipinski definition) is 11. The van der Waals surface area contributed by atoms with E-state index in [0.29, 0.717) is 4.88 Å². The lowest BCUT2D eigenvalue weighted by atomic mass is 10.1. The minimum atomic E-state index is -4.63. The Bertz CT molecular complexity index is 1740. The average Bonchev–Trinajstić information content (AvgIpc) is 3.75. The molecule has 0 bridgehead atoms. The van der Waals surface area contributed by atoms with Gasteiger partial charge in [-0.05, 0) is 62.9 Å². The molecule has 46 heavy (non-hydrogen) atoms. The molecule has 0 aliphatic heterocycles. The number of nitrogens with one attached hydrogen (secondary N) is 2. The van der Waals surface area contributed by atoms with Crippen molar-refractivity contribution in [2.75, 3.05) is 18.5 Å². The van der Waals surface area contributed by atoms with Crippen LogP contribution in [0.25, 0.3) is 5.69 Å². The lowest BCUT2D eigenvalue weighted by molar-refractivity contribution is -0.137. The fourth-order valence-corrected chi connectivity index (χ4v) is 6.71. The van der Waals surface area contributed by atoms with Crippen molar-refractivity contribution in [3.8, 4) is 5.69 Å². The molecule has 11 nitrogen and oxygen atoms in total. The fourth-order valence-electron chi connectivity index (χ4n) is 4.09. The summed E-state index contributed by atoms with van der Waals surface area (Å²) in [7, 11) is 0. The van der Waals surface area contributed by atoms with E-state index >= 15 is 0 Å². The van der Waals surface area contributed by atoms with Crippen LogP contribution in [0.2, 0.25) is 0 Å². The van der Waals surface area contributed by atoms with Gasteiger partial charge < -0.3 is 20.1 Å². The Hall–Kier alpha value is -4.22. The van der Waals surface area contributed by atoms with Crippen LogP contribution in [0.4, 0.5) is 18.2 Å². The van der Waals surface area contributed by atoms with E-state index in [4.69, 9.17) is 9.47 Å². The smallest absolute Gasteiger partial charge is 0.416 e. The van der Waals surface area contributed by atoms with Crippen molar-refractivity contribution in [3.05, 3.63) is 74.0 Å². The zero-order valence-corrected chi connectivity index (χ0v) is 27.3. The number of thiophene rings is 2. The fraction of sp³-hybridized carbons (Fsp3) is 0.310. The maximum Gasteiger partial charge on any atom is 0.416 e. The number of ether oxygens (including phenoxy) is 2. The van der Waals surface area contributed by atoms with E-state index in [0.717, 1.165) is 35.2 Å². The van der Waals surface area contributed by atoms with Crippen molar-refractivity contribution >= 4 is 63.2 Å². The minimum absolute atomic E-state index is 0.0105. The standard InChI is InChI=1S/C29H28F3N5O6S3/c1-5-42-26(40)21-15(3)22(27(41)43-6-2)46-25(21)34-23(38)16(4)45-28-36-35-20(14-33-24(39)19-11-8-12-44-19)37(28)18-10-7-9-17(13-18)29(30,31)32/h7-13,16H,5-6,14H2,1-4H3,(H,33,39)(H,34,38)/t16-/m0/s1. The maximum absolute atomic E-state index is 13.6. The molecule has 244 valence electrons. The van der Waals surface area contributed by atoms with Crippen molar-refractivity contribution in [3.63, 3.8) is 0 Å². The third-order valence-corrected chi connectivity index (χ3v) is 9.36. The highest BCUT2D eigenvalue weighted by molar-refractivity contribution is 8.00. The maximum atomic E-state index is 13.6. The SMILES string of the molecule is CCOC(=O)c1sc(NC(=O)[C@H](C)Sc2nnc(CNC(=O)c3cccs3)n2-c2cccc(C(F)(F)F)c2)c(C(=O)OCC)c1C. The van der Waals surface area contributed by atoms with E-state index in [1.165, 1.54) is 35.0 Å². The van der Waals surface area contributed by atoms with Gasteiger partial charge in [-0.1, -0.05) is 23.9 Å². The highest BCUT2D eigenvalue weighted by atomic mass is 32.2. The molecule has 0 saturated carbocycles. The molecule has 4 rings (SSSR count). The van der Waals surface area contributed by atoms with Gasteiger partial charge in [-0.2, -0.15) is 13.2 Å². The van der Waals surface area contributed by atoms with Crippen molar-refractivity contribution < 1.29 is 41.8 Å². The summed E-state index contributed by atoms with van der Waals surface area (Å²) in [4.78, 5) is 51.8. The van der Waals surface area contributed by atoms with E-state index in [-0.39, 0.29) is 57.4 Å². The molecule has 0 aliphatic carbocycles. The first kappa shape index (κ1) is 34.6. The molecule has 17 heteroatoms. The van der Waals surface area contributed by atoms with Crippen molar-refractivity contribution in [1.82, 2.24) is 20.1 Å². The van der Waals surface area contributed by atoms with E-state index in [9.17, 15) is 32.3 Å². The summed E-state index contributed by atoms with van der Waals surface area (Å²) in [5.74, 6) is -2.27. The lowest BCUT2D eigenvalue weighted by Gasteiger charge is -2.15. The van der Waals surface area contributed by atoms with Gasteiger partial charge in [0.1, 0.15) is 9.88 Å². The van der Waals surface area contributed by atoms with Gasteiger partial charge in [0.05, 0.1) is 46.7 Å². The molecule has 2 amide bonds. The van der Waals surface area contributed by atoms with Crippen LogP contribution in [0.15, 0.2) is 46.9 Å². The lowest BCUT2D eigenvalue weighted by Crippen LogP contribution is -2.25. The van der Waals surface area contributed by atoms with Crippen LogP contribution in [-0.4, -0.2) is 57.0 Å². The Labute approximate surface area is 273 Å². The summed E-state index contributed by atoms with van der Waals surface area (Å²) < 4.78 is 52.3. The summed E-state index contributed by atoms with van der Waals surface area (Å²) in [6.45, 7) is 6.31. The third kappa shape index (κ3) is 7.94. The molecule has 0 unspecified atom stereocenters. The number of hydrogen-bond donors (Lipinski definition) is 2. The predicted molar refractivity (Wildman–Crippen MR) is 167 cm³/mol. The van der Waals surface area contributed by atoms with E-state index in [1.807, 2.05) is 0 Å². The van der Waals surface area contributed by atoms with Gasteiger partial charge in [0.15, 0.2) is 11.0 Å². The predicted octanol–water partition coefficient (Wildman–Crippen LogP) is 6.12. The Kier molecular flexibility index (Phi) is 11.2. The van der Waals surface area contributed by atoms with Gasteiger partial charge in [-0.3, -0.25) is 14.2 Å². The van der Waals surface area contributed by atoms with Crippen LogP contribution in [0, 0.1) is 6.92 Å². The number of amides is 2. The summed E-state index contributed by atoms with van der Waals surface area (Å²) in [5, 5.41) is 14.5. The van der Waals surface area contributed by atoms with Crippen molar-refractivity contribution in [1.29, 1.82) is 0 Å². The molecule has 0 spiro atoms. The number of alkyl halides is 3. The molecule has 0 aliphatic rings. The highest BCUT2D eigenvalue weighted by Crippen LogP contribution is 2.36. The largest absolute Gasteiger partial charge is 0.462 e. The van der Waals surface area contributed by atoms with Gasteiger partial charge in [0.25, 0.3) is 5.91 Å². The molecule has 0 saturated heterocycles. The summed E-state index contributed by atoms with van der Waals surface area (Å²) in [6, 6.07) is 7.82. The molecular weight excluding hydrogens is 668 g/mol. The third-order valence-electron chi connectivity index (χ3n) is 6.26. The second kappa shape index (κ2) is 14.9. The Morgan fingerprint density at radius 2 is 1.76 bits per heavy atom. The number of rotatable bonds is 12. The molecule has 1 atom stereocenters. The van der Waals surface area contributed by atoms with Crippen LogP contribution in [0.5, 0.6) is 0 Å². The zero-order valence-electron chi connectivity index (χ0n) is 24.9. The summed E-state index contributed by atoms with van der Waals surface area (Å²) in [5.41, 5.74) is -0.550. The Morgan fingerprint density at radius 3 is 2.41 bits per heavy atom. The molecule has 3 heterocycles. The van der Waals surface area contributed by atoms with E-state index in [2.05, 4.69) is 20.8 Å². The monoisotopic (exact) mass is 695 g/mol. The Balaban J connectivity index is 1.64. The number of carbonyl (C=O) groups is 4. The van der Waals surface area contributed by atoms with Gasteiger partial charge in [-0.25, -0.2) is 9.59 Å². The van der Waals surface area contributed by atoms with Gasteiger partial charge in [0, 0.05) is 0 Å². The molecule has 3 aromatic heterocycles. The molecule has 1 aromatic carbocycles. The van der Waals surface area contributed by atoms with Crippen LogP contribution >= 0.6 is 34.4 Å². The number of aromatic nitrogens is 3. The normalized spacial score (nSPS) is 12.0. The minimum Gasteiger partial charge on any atom is -0.462 e.